The predicted molar refractivity (Wildman–Crippen MR) is 104 cm³/mol. The number of rotatable bonds is 6. The molecule has 1 aromatic heterocycles. The topological polar surface area (TPSA) is 67.7 Å². The minimum absolute atomic E-state index is 0.0537. The SMILES string of the molecule is CC(C)c1cc(=O)n(CC2CCN(CCN3CCOCCC3=O)CC2)cn1. The van der Waals surface area contributed by atoms with Crippen LogP contribution in [-0.4, -0.2) is 71.2 Å². The summed E-state index contributed by atoms with van der Waals surface area (Å²) in [6.07, 6.45) is 4.36. The van der Waals surface area contributed by atoms with Crippen LogP contribution in [0.5, 0.6) is 0 Å². The van der Waals surface area contributed by atoms with Gasteiger partial charge >= 0.3 is 0 Å². The summed E-state index contributed by atoms with van der Waals surface area (Å²) in [5.41, 5.74) is 0.914. The number of hydrogen-bond donors (Lipinski definition) is 0. The Morgan fingerprint density at radius 3 is 2.63 bits per heavy atom. The number of piperidine rings is 1. The summed E-state index contributed by atoms with van der Waals surface area (Å²) < 4.78 is 7.13. The van der Waals surface area contributed by atoms with Gasteiger partial charge in [-0.05, 0) is 37.8 Å². The molecule has 7 nitrogen and oxygen atoms in total. The molecular formula is C20H32N4O3. The lowest BCUT2D eigenvalue weighted by atomic mass is 9.96. The van der Waals surface area contributed by atoms with Gasteiger partial charge in [0.15, 0.2) is 0 Å². The van der Waals surface area contributed by atoms with Gasteiger partial charge in [-0.25, -0.2) is 4.98 Å². The normalized spacial score (nSPS) is 20.3. The first-order valence-electron chi connectivity index (χ1n) is 10.2. The van der Waals surface area contributed by atoms with E-state index in [0.717, 1.165) is 51.3 Å². The fourth-order valence-corrected chi connectivity index (χ4v) is 3.78. The average Bonchev–Trinajstić information content (AvgIpc) is 2.87. The molecule has 0 bridgehead atoms. The van der Waals surface area contributed by atoms with Gasteiger partial charge in [0.25, 0.3) is 5.56 Å². The van der Waals surface area contributed by atoms with Crippen molar-refractivity contribution in [1.82, 2.24) is 19.4 Å². The zero-order chi connectivity index (χ0) is 19.2. The molecule has 3 rings (SSSR count). The van der Waals surface area contributed by atoms with E-state index in [0.29, 0.717) is 32.1 Å². The molecule has 0 N–H and O–H groups in total. The van der Waals surface area contributed by atoms with E-state index in [1.165, 1.54) is 0 Å². The van der Waals surface area contributed by atoms with Crippen LogP contribution in [0.1, 0.15) is 44.7 Å². The summed E-state index contributed by atoms with van der Waals surface area (Å²) in [6.45, 7) is 10.5. The molecule has 27 heavy (non-hydrogen) atoms. The molecule has 0 atom stereocenters. The average molecular weight is 377 g/mol. The maximum Gasteiger partial charge on any atom is 0.253 e. The van der Waals surface area contributed by atoms with Crippen molar-refractivity contribution >= 4 is 5.91 Å². The molecule has 0 unspecified atom stereocenters. The van der Waals surface area contributed by atoms with E-state index in [4.69, 9.17) is 4.74 Å². The number of nitrogens with zero attached hydrogens (tertiary/aromatic N) is 4. The molecule has 1 aromatic rings. The highest BCUT2D eigenvalue weighted by Crippen LogP contribution is 2.19. The number of aromatic nitrogens is 2. The number of carbonyl (C=O) groups excluding carboxylic acids is 1. The molecule has 2 aliphatic rings. The van der Waals surface area contributed by atoms with Gasteiger partial charge in [-0.15, -0.1) is 0 Å². The highest BCUT2D eigenvalue weighted by atomic mass is 16.5. The molecule has 2 aliphatic heterocycles. The van der Waals surface area contributed by atoms with Gasteiger partial charge in [-0.2, -0.15) is 0 Å². The van der Waals surface area contributed by atoms with Crippen molar-refractivity contribution in [1.29, 1.82) is 0 Å². The lowest BCUT2D eigenvalue weighted by Crippen LogP contribution is -2.42. The molecule has 2 fully saturated rings. The van der Waals surface area contributed by atoms with E-state index in [1.807, 2.05) is 18.7 Å². The largest absolute Gasteiger partial charge is 0.379 e. The van der Waals surface area contributed by atoms with Gasteiger partial charge in [0.1, 0.15) is 0 Å². The van der Waals surface area contributed by atoms with Crippen molar-refractivity contribution in [3.8, 4) is 0 Å². The number of amides is 1. The minimum Gasteiger partial charge on any atom is -0.379 e. The zero-order valence-electron chi connectivity index (χ0n) is 16.6. The molecule has 150 valence electrons. The second-order valence-corrected chi connectivity index (χ2v) is 7.99. The van der Waals surface area contributed by atoms with Crippen LogP contribution in [0.15, 0.2) is 17.2 Å². The van der Waals surface area contributed by atoms with Gasteiger partial charge in [-0.1, -0.05) is 13.8 Å². The lowest BCUT2D eigenvalue weighted by molar-refractivity contribution is -0.130. The van der Waals surface area contributed by atoms with Gasteiger partial charge in [0.05, 0.1) is 31.7 Å². The van der Waals surface area contributed by atoms with Crippen molar-refractivity contribution in [3.63, 3.8) is 0 Å². The summed E-state index contributed by atoms with van der Waals surface area (Å²) in [5, 5.41) is 0. The lowest BCUT2D eigenvalue weighted by Gasteiger charge is -2.33. The standard InChI is InChI=1S/C20H32N4O3/c1-16(2)18-13-20(26)24(15-21-18)14-17-3-6-22(7-4-17)8-9-23-10-12-27-11-5-19(23)25/h13,15-17H,3-12,14H2,1-2H3. The van der Waals surface area contributed by atoms with E-state index in [9.17, 15) is 9.59 Å². The van der Waals surface area contributed by atoms with Crippen LogP contribution in [0.2, 0.25) is 0 Å². The van der Waals surface area contributed by atoms with E-state index in [2.05, 4.69) is 9.88 Å². The first kappa shape index (κ1) is 20.0. The van der Waals surface area contributed by atoms with Crippen molar-refractivity contribution in [2.75, 3.05) is 45.9 Å². The summed E-state index contributed by atoms with van der Waals surface area (Å²) in [5.74, 6) is 0.996. The Hall–Kier alpha value is -1.73. The Bertz CT molecular complexity index is 680. The fraction of sp³-hybridized carbons (Fsp3) is 0.750. The van der Waals surface area contributed by atoms with Crippen LogP contribution in [-0.2, 0) is 16.1 Å². The van der Waals surface area contributed by atoms with E-state index in [-0.39, 0.29) is 17.4 Å². The molecule has 7 heteroatoms. The molecule has 3 heterocycles. The van der Waals surface area contributed by atoms with E-state index in [1.54, 1.807) is 17.0 Å². The highest BCUT2D eigenvalue weighted by Gasteiger charge is 2.22. The molecule has 0 saturated carbocycles. The molecule has 0 aliphatic carbocycles. The first-order valence-corrected chi connectivity index (χ1v) is 10.2. The molecule has 1 amide bonds. The van der Waals surface area contributed by atoms with Gasteiger partial charge in [-0.3, -0.25) is 14.2 Å². The number of likely N-dealkylation sites (tertiary alicyclic amines) is 1. The number of hydrogen-bond acceptors (Lipinski definition) is 5. The third kappa shape index (κ3) is 5.62. The summed E-state index contributed by atoms with van der Waals surface area (Å²) in [7, 11) is 0. The second kappa shape index (κ2) is 9.46. The van der Waals surface area contributed by atoms with Gasteiger partial charge in [0.2, 0.25) is 5.91 Å². The van der Waals surface area contributed by atoms with Crippen LogP contribution >= 0.6 is 0 Å². The molecule has 0 aromatic carbocycles. The summed E-state index contributed by atoms with van der Waals surface area (Å²) in [4.78, 5) is 33.1. The molecular weight excluding hydrogens is 344 g/mol. The van der Waals surface area contributed by atoms with Crippen molar-refractivity contribution in [3.05, 3.63) is 28.4 Å². The maximum atomic E-state index is 12.3. The van der Waals surface area contributed by atoms with Crippen molar-refractivity contribution in [2.24, 2.45) is 5.92 Å². The Balaban J connectivity index is 1.44. The third-order valence-corrected chi connectivity index (χ3v) is 5.66. The molecule has 0 spiro atoms. The summed E-state index contributed by atoms with van der Waals surface area (Å²) >= 11 is 0. The van der Waals surface area contributed by atoms with Crippen LogP contribution < -0.4 is 5.56 Å². The van der Waals surface area contributed by atoms with Gasteiger partial charge < -0.3 is 14.5 Å². The van der Waals surface area contributed by atoms with Gasteiger partial charge in [0, 0.05) is 32.2 Å². The van der Waals surface area contributed by atoms with Crippen LogP contribution in [0.4, 0.5) is 0 Å². The third-order valence-electron chi connectivity index (χ3n) is 5.66. The van der Waals surface area contributed by atoms with Crippen LogP contribution in [0, 0.1) is 5.92 Å². The second-order valence-electron chi connectivity index (χ2n) is 7.99. The quantitative estimate of drug-likeness (QED) is 0.749. The van der Waals surface area contributed by atoms with Crippen molar-refractivity contribution < 1.29 is 9.53 Å². The summed E-state index contributed by atoms with van der Waals surface area (Å²) in [6, 6.07) is 1.67. The molecule has 2 saturated heterocycles. The highest BCUT2D eigenvalue weighted by molar-refractivity contribution is 5.76. The van der Waals surface area contributed by atoms with E-state index >= 15 is 0 Å². The Kier molecular flexibility index (Phi) is 7.01. The Morgan fingerprint density at radius 1 is 1.15 bits per heavy atom. The zero-order valence-corrected chi connectivity index (χ0v) is 16.6. The van der Waals surface area contributed by atoms with Crippen LogP contribution in [0.3, 0.4) is 0 Å². The Morgan fingerprint density at radius 2 is 1.93 bits per heavy atom. The predicted octanol–water partition coefficient (Wildman–Crippen LogP) is 1.33. The van der Waals surface area contributed by atoms with Crippen molar-refractivity contribution in [2.45, 2.75) is 45.6 Å². The van der Waals surface area contributed by atoms with Crippen LogP contribution in [0.25, 0.3) is 0 Å². The first-order chi connectivity index (χ1) is 13.0. The number of ether oxygens (including phenoxy) is 1. The molecule has 0 radical (unpaired) electrons. The smallest absolute Gasteiger partial charge is 0.253 e. The Labute approximate surface area is 161 Å². The monoisotopic (exact) mass is 376 g/mol. The number of carbonyl (C=O) groups is 1. The minimum atomic E-state index is 0.0537. The fourth-order valence-electron chi connectivity index (χ4n) is 3.78. The maximum absolute atomic E-state index is 12.3. The van der Waals surface area contributed by atoms with E-state index < -0.39 is 0 Å².